The molecule has 0 aliphatic carbocycles. The highest BCUT2D eigenvalue weighted by molar-refractivity contribution is 9.25. The second-order valence-corrected chi connectivity index (χ2v) is 5.59. The number of benzene rings is 1. The fourth-order valence-corrected chi connectivity index (χ4v) is 1.43. The first-order chi connectivity index (χ1) is 6.52. The fourth-order valence-electron chi connectivity index (χ4n) is 0.897. The molecule has 0 spiro atoms. The zero-order valence-corrected chi connectivity index (χ0v) is 10.0. The van der Waals surface area contributed by atoms with Gasteiger partial charge in [0, 0.05) is 5.56 Å². The molecule has 1 aromatic rings. The van der Waals surface area contributed by atoms with E-state index in [1.165, 1.54) is 24.3 Å². The number of alkyl halides is 2. The van der Waals surface area contributed by atoms with Gasteiger partial charge in [0.25, 0.3) is 0 Å². The zero-order chi connectivity index (χ0) is 10.7. The highest BCUT2D eigenvalue weighted by Gasteiger charge is 2.12. The van der Waals surface area contributed by atoms with Crippen LogP contribution in [0.2, 0.25) is 0 Å². The van der Waals surface area contributed by atoms with Crippen LogP contribution in [0.25, 0.3) is 0 Å². The van der Waals surface area contributed by atoms with Crippen molar-refractivity contribution >= 4 is 43.6 Å². The largest absolute Gasteiger partial charge is 0.545 e. The lowest BCUT2D eigenvalue weighted by Crippen LogP contribution is -2.22. The molecule has 0 amide bonds. The van der Waals surface area contributed by atoms with Gasteiger partial charge in [0.05, 0.1) is 5.97 Å². The third-order valence-electron chi connectivity index (χ3n) is 1.60. The topological polar surface area (TPSA) is 57.2 Å². The van der Waals surface area contributed by atoms with Crippen molar-refractivity contribution in [3.63, 3.8) is 0 Å². The van der Waals surface area contributed by atoms with Crippen LogP contribution < -0.4 is 5.11 Å². The molecular formula is C9H5Br2O3-. The monoisotopic (exact) mass is 319 g/mol. The van der Waals surface area contributed by atoms with E-state index in [9.17, 15) is 14.7 Å². The smallest absolute Gasteiger partial charge is 0.187 e. The van der Waals surface area contributed by atoms with Crippen LogP contribution in [-0.4, -0.2) is 15.5 Å². The molecule has 0 atom stereocenters. The maximum atomic E-state index is 11.4. The summed E-state index contributed by atoms with van der Waals surface area (Å²) in [6.45, 7) is 0. The third kappa shape index (κ3) is 2.65. The average molecular weight is 321 g/mol. The van der Waals surface area contributed by atoms with Crippen LogP contribution in [0.4, 0.5) is 0 Å². The summed E-state index contributed by atoms with van der Waals surface area (Å²) >= 11 is 6.12. The molecule has 0 fully saturated rings. The Balaban J connectivity index is 2.94. The summed E-state index contributed by atoms with van der Waals surface area (Å²) in [4.78, 5) is 21.8. The lowest BCUT2D eigenvalue weighted by atomic mass is 10.1. The van der Waals surface area contributed by atoms with Crippen molar-refractivity contribution in [1.82, 2.24) is 0 Å². The molecule has 74 valence electrons. The van der Waals surface area contributed by atoms with E-state index >= 15 is 0 Å². The van der Waals surface area contributed by atoms with Crippen molar-refractivity contribution in [3.05, 3.63) is 35.4 Å². The molecule has 1 rings (SSSR count). The molecule has 0 aromatic heterocycles. The Kier molecular flexibility index (Phi) is 3.83. The first-order valence-corrected chi connectivity index (χ1v) is 5.49. The first kappa shape index (κ1) is 11.4. The molecule has 0 unspecified atom stereocenters. The number of carboxylic acid groups (broad SMARTS) is 1. The highest BCUT2D eigenvalue weighted by Crippen LogP contribution is 2.16. The summed E-state index contributed by atoms with van der Waals surface area (Å²) in [5.41, 5.74) is 0.496. The van der Waals surface area contributed by atoms with Gasteiger partial charge in [0.2, 0.25) is 0 Å². The molecule has 3 nitrogen and oxygen atoms in total. The van der Waals surface area contributed by atoms with Gasteiger partial charge in [-0.15, -0.1) is 0 Å². The van der Waals surface area contributed by atoms with E-state index < -0.39 is 9.71 Å². The van der Waals surface area contributed by atoms with Gasteiger partial charge in [-0.1, -0.05) is 56.1 Å². The van der Waals surface area contributed by atoms with Gasteiger partial charge in [-0.2, -0.15) is 0 Å². The number of rotatable bonds is 3. The maximum absolute atomic E-state index is 11.4. The molecule has 1 aromatic carbocycles. The van der Waals surface area contributed by atoms with Crippen molar-refractivity contribution in [2.45, 2.75) is 3.74 Å². The molecular weight excluding hydrogens is 316 g/mol. The van der Waals surface area contributed by atoms with Gasteiger partial charge < -0.3 is 9.90 Å². The number of Topliss-reactive ketones (excluding diaryl/α,β-unsaturated/α-hetero) is 1. The van der Waals surface area contributed by atoms with Crippen molar-refractivity contribution in [2.75, 3.05) is 0 Å². The Morgan fingerprint density at radius 3 is 1.86 bits per heavy atom. The van der Waals surface area contributed by atoms with Gasteiger partial charge in [-0.3, -0.25) is 4.79 Å². The first-order valence-electron chi connectivity index (χ1n) is 3.66. The predicted molar refractivity (Wildman–Crippen MR) is 56.7 cm³/mol. The molecule has 0 bridgehead atoms. The minimum Gasteiger partial charge on any atom is -0.545 e. The average Bonchev–Trinajstić information content (AvgIpc) is 2.16. The Morgan fingerprint density at radius 2 is 1.50 bits per heavy atom. The van der Waals surface area contributed by atoms with Gasteiger partial charge in [0.15, 0.2) is 5.78 Å². The molecule has 0 radical (unpaired) electrons. The van der Waals surface area contributed by atoms with Crippen LogP contribution in [-0.2, 0) is 0 Å². The van der Waals surface area contributed by atoms with E-state index in [0.717, 1.165) is 0 Å². The summed E-state index contributed by atoms with van der Waals surface area (Å²) in [5.74, 6) is -1.41. The number of carboxylic acids is 1. The van der Waals surface area contributed by atoms with Crippen LogP contribution in [0.15, 0.2) is 24.3 Å². The third-order valence-corrected chi connectivity index (χ3v) is 2.43. The molecule has 0 aliphatic heterocycles. The number of hydrogen-bond donors (Lipinski definition) is 0. The number of carbonyl (C=O) groups excluding carboxylic acids is 2. The molecule has 0 saturated heterocycles. The normalized spacial score (nSPS) is 10.2. The maximum Gasteiger partial charge on any atom is 0.187 e. The molecule has 0 aliphatic rings. The van der Waals surface area contributed by atoms with Crippen LogP contribution in [0.5, 0.6) is 0 Å². The van der Waals surface area contributed by atoms with Crippen LogP contribution in [0, 0.1) is 0 Å². The van der Waals surface area contributed by atoms with E-state index in [4.69, 9.17) is 0 Å². The van der Waals surface area contributed by atoms with Crippen molar-refractivity contribution in [1.29, 1.82) is 0 Å². The van der Waals surface area contributed by atoms with E-state index in [1.807, 2.05) is 0 Å². The van der Waals surface area contributed by atoms with Gasteiger partial charge in [-0.05, 0) is 5.56 Å². The minimum atomic E-state index is -1.25. The molecule has 0 saturated carbocycles. The van der Waals surface area contributed by atoms with Crippen LogP contribution in [0.1, 0.15) is 20.7 Å². The lowest BCUT2D eigenvalue weighted by molar-refractivity contribution is -0.255. The summed E-state index contributed by atoms with van der Waals surface area (Å²) in [6.07, 6.45) is 0. The van der Waals surface area contributed by atoms with E-state index in [2.05, 4.69) is 31.9 Å². The number of hydrogen-bond acceptors (Lipinski definition) is 3. The van der Waals surface area contributed by atoms with Gasteiger partial charge in [-0.25, -0.2) is 0 Å². The van der Waals surface area contributed by atoms with Crippen LogP contribution >= 0.6 is 31.9 Å². The summed E-state index contributed by atoms with van der Waals surface area (Å²) in [6, 6.07) is 5.57. The lowest BCUT2D eigenvalue weighted by Gasteiger charge is -2.04. The van der Waals surface area contributed by atoms with Crippen LogP contribution in [0.3, 0.4) is 0 Å². The van der Waals surface area contributed by atoms with Gasteiger partial charge >= 0.3 is 0 Å². The van der Waals surface area contributed by atoms with E-state index in [-0.39, 0.29) is 11.3 Å². The summed E-state index contributed by atoms with van der Waals surface area (Å²) < 4.78 is -0.455. The number of ketones is 1. The molecule has 0 heterocycles. The highest BCUT2D eigenvalue weighted by atomic mass is 79.9. The number of halogens is 2. The Bertz CT molecular complexity index is 357. The Morgan fingerprint density at radius 1 is 1.07 bits per heavy atom. The Labute approximate surface area is 97.4 Å². The van der Waals surface area contributed by atoms with E-state index in [1.54, 1.807) is 0 Å². The number of carbonyl (C=O) groups is 2. The zero-order valence-electron chi connectivity index (χ0n) is 6.87. The number of aromatic carboxylic acids is 1. The second-order valence-electron chi connectivity index (χ2n) is 2.53. The fraction of sp³-hybridized carbons (Fsp3) is 0.111. The van der Waals surface area contributed by atoms with E-state index in [0.29, 0.717) is 5.56 Å². The standard InChI is InChI=1S/C9H6Br2O3/c10-8(11)7(12)5-1-3-6(4-2-5)9(13)14/h1-4,8H,(H,13,14)/p-1. The second kappa shape index (κ2) is 4.70. The Hall–Kier alpha value is -0.680. The SMILES string of the molecule is O=C([O-])c1ccc(C(=O)C(Br)Br)cc1. The van der Waals surface area contributed by atoms with Crippen molar-refractivity contribution < 1.29 is 14.7 Å². The summed E-state index contributed by atoms with van der Waals surface area (Å²) in [7, 11) is 0. The predicted octanol–water partition coefficient (Wildman–Crippen LogP) is 1.35. The molecule has 14 heavy (non-hydrogen) atoms. The van der Waals surface area contributed by atoms with Gasteiger partial charge in [0.1, 0.15) is 3.74 Å². The minimum absolute atomic E-state index is 0.0576. The molecule has 5 heteroatoms. The quantitative estimate of drug-likeness (QED) is 0.624. The molecule has 0 N–H and O–H groups in total. The van der Waals surface area contributed by atoms with Crippen molar-refractivity contribution in [2.24, 2.45) is 0 Å². The summed E-state index contributed by atoms with van der Waals surface area (Å²) in [5, 5.41) is 10.4. The van der Waals surface area contributed by atoms with Crippen molar-refractivity contribution in [3.8, 4) is 0 Å².